The number of rotatable bonds is 3. The first-order valence-electron chi connectivity index (χ1n) is 34.0. The second kappa shape index (κ2) is 18.4. The minimum atomic E-state index is -0.648. The van der Waals surface area contributed by atoms with E-state index in [9.17, 15) is 0 Å². The quantitative estimate of drug-likeness (QED) is 0.161. The van der Waals surface area contributed by atoms with E-state index in [0.29, 0.717) is 0 Å². The Hall–Kier alpha value is -7.56. The molecule has 0 atom stereocenters. The predicted molar refractivity (Wildman–Crippen MR) is 395 cm³/mol. The molecule has 11 aromatic rings. The van der Waals surface area contributed by atoms with Gasteiger partial charge in [0.25, 0.3) is 6.71 Å². The Morgan fingerprint density at radius 1 is 0.319 bits per heavy atom. The van der Waals surface area contributed by atoms with Crippen molar-refractivity contribution < 1.29 is 0 Å². The van der Waals surface area contributed by atoms with Gasteiger partial charge in [0.2, 0.25) is 0 Å². The third kappa shape index (κ3) is 8.44. The van der Waals surface area contributed by atoms with Crippen LogP contribution in [-0.4, -0.2) is 15.8 Å². The number of aromatic nitrogens is 2. The molecule has 91 heavy (non-hydrogen) atoms. The molecule has 1 spiro atoms. The first-order valence-corrected chi connectivity index (χ1v) is 34.0. The highest BCUT2D eigenvalue weighted by atomic mass is 15.2. The van der Waals surface area contributed by atoms with Crippen LogP contribution in [0.1, 0.15) is 233 Å². The molecule has 0 saturated heterocycles. The van der Waals surface area contributed by atoms with Crippen molar-refractivity contribution in [2.45, 2.75) is 215 Å². The smallest absolute Gasteiger partial charge is 0.252 e. The van der Waals surface area contributed by atoms with Gasteiger partial charge in [-0.1, -0.05) is 257 Å². The molecule has 0 unspecified atom stereocenters. The topological polar surface area (TPSA) is 13.1 Å². The maximum absolute atomic E-state index is 2.82. The summed E-state index contributed by atoms with van der Waals surface area (Å²) in [6.07, 6.45) is 0. The third-order valence-corrected chi connectivity index (χ3v) is 21.9. The number of anilines is 3. The molecule has 4 heteroatoms. The van der Waals surface area contributed by atoms with Gasteiger partial charge < -0.3 is 14.0 Å². The number of benzene rings is 9. The molecule has 15 rings (SSSR count). The van der Waals surface area contributed by atoms with Crippen molar-refractivity contribution in [3.05, 3.63) is 212 Å². The van der Waals surface area contributed by atoms with Gasteiger partial charge in [-0.2, -0.15) is 0 Å². The lowest BCUT2D eigenvalue weighted by molar-refractivity contribution is 0.568. The summed E-state index contributed by atoms with van der Waals surface area (Å²) < 4.78 is 5.58. The molecule has 0 fully saturated rings. The van der Waals surface area contributed by atoms with E-state index in [1.807, 2.05) is 0 Å². The Labute approximate surface area is 544 Å². The lowest BCUT2D eigenvalue weighted by Crippen LogP contribution is -2.60. The summed E-state index contributed by atoms with van der Waals surface area (Å²) in [5, 5.41) is 5.29. The molecule has 5 heterocycles. The lowest BCUT2D eigenvalue weighted by atomic mass is 9.33. The third-order valence-electron chi connectivity index (χ3n) is 21.9. The molecule has 0 bridgehead atoms. The fourth-order valence-electron chi connectivity index (χ4n) is 16.4. The van der Waals surface area contributed by atoms with E-state index in [-0.39, 0.29) is 50.0 Å². The van der Waals surface area contributed by atoms with Crippen LogP contribution >= 0.6 is 0 Å². The fourth-order valence-corrected chi connectivity index (χ4v) is 16.4. The van der Waals surface area contributed by atoms with Crippen molar-refractivity contribution >= 4 is 83.8 Å². The van der Waals surface area contributed by atoms with E-state index in [1.165, 1.54) is 161 Å². The highest BCUT2D eigenvalue weighted by Crippen LogP contribution is 2.63. The van der Waals surface area contributed by atoms with E-state index >= 15 is 0 Å². The lowest BCUT2D eigenvalue weighted by Gasteiger charge is -2.45. The maximum Gasteiger partial charge on any atom is 0.252 e. The second-order valence-electron chi connectivity index (χ2n) is 36.4. The van der Waals surface area contributed by atoms with Gasteiger partial charge in [0.15, 0.2) is 0 Å². The minimum Gasteiger partial charge on any atom is -0.310 e. The Balaban J connectivity index is 1.15. The number of fused-ring (bicyclic) bond motifs is 14. The molecule has 4 aliphatic rings. The summed E-state index contributed by atoms with van der Waals surface area (Å²) in [7, 11) is 0. The fraction of sp³-hybridized carbons (Fsp3) is 0.379. The summed E-state index contributed by atoms with van der Waals surface area (Å²) >= 11 is 0. The van der Waals surface area contributed by atoms with Crippen molar-refractivity contribution in [3.63, 3.8) is 0 Å². The van der Waals surface area contributed by atoms with Gasteiger partial charge in [0, 0.05) is 49.8 Å². The molecule has 462 valence electrons. The molecule has 0 N–H and O–H groups in total. The van der Waals surface area contributed by atoms with Gasteiger partial charge in [0.05, 0.1) is 27.7 Å². The molecule has 3 nitrogen and oxygen atoms in total. The molecule has 0 radical (unpaired) electrons. The molecule has 0 saturated carbocycles. The van der Waals surface area contributed by atoms with E-state index < -0.39 is 5.41 Å². The molecule has 3 aliphatic heterocycles. The SMILES string of the molecule is CC(C)(C)c1ccc(N(c2cc(C(C)(C)C)cc(C(C)(C)C)c2)c2ccc3c4c2c2ccc(C(C)(C)C)cc2n4-c2ccc4c5c2B3c2cc(C(C)(C)C)cc3c6cc(C(C)(C)C)cc(c6n-5c23)C42c3cc(C(C)(C)C)ccc3-c3ccc(C(C)(C)C)cc32)cc1. The largest absolute Gasteiger partial charge is 0.310 e. The average molecular weight is 1190 g/mol. The summed E-state index contributed by atoms with van der Waals surface area (Å²) in [6.45, 7) is 57.1. The maximum atomic E-state index is 2.82. The highest BCUT2D eigenvalue weighted by Gasteiger charge is 2.55. The average Bonchev–Trinajstić information content (AvgIpc) is 1.53. The Morgan fingerprint density at radius 3 is 1.31 bits per heavy atom. The van der Waals surface area contributed by atoms with E-state index in [4.69, 9.17) is 0 Å². The van der Waals surface area contributed by atoms with E-state index in [1.54, 1.807) is 0 Å². The zero-order valence-corrected chi connectivity index (χ0v) is 59.3. The zero-order valence-electron chi connectivity index (χ0n) is 59.3. The summed E-state index contributed by atoms with van der Waals surface area (Å²) in [6, 6.07) is 60.5. The predicted octanol–water partition coefficient (Wildman–Crippen LogP) is 21.6. The standard InChI is InChI=1S/C87H96BN3/c1-79(2,3)49-25-30-57(31-26-49)89(58-40-53(83(13,14)15)39-54(41-58)84(16,17)18)70-38-36-68-78-73(70)61-34-29-52(82(10,11)12)48-72(61)90(78)71-37-35-64-77-74(71)88(68)69-47-56(86(22,23)24)43-63-62-42-55(85(19,20)21)46-67(75(62)91(77)76(63)69)87(64)65-44-50(80(4,5)6)27-32-59(65)60-33-28-51(45-66(60)87)81(7,8)9/h25-48H,1-24H3. The van der Waals surface area contributed by atoms with Crippen LogP contribution in [0.5, 0.6) is 0 Å². The van der Waals surface area contributed by atoms with E-state index in [0.717, 1.165) is 5.69 Å². The molecule has 9 aromatic carbocycles. The van der Waals surface area contributed by atoms with Crippen molar-refractivity contribution in [1.29, 1.82) is 0 Å². The van der Waals surface area contributed by atoms with Crippen LogP contribution < -0.4 is 21.3 Å². The molecular weight excluding hydrogens is 1100 g/mol. The second-order valence-corrected chi connectivity index (χ2v) is 36.4. The Bertz CT molecular complexity index is 4890. The van der Waals surface area contributed by atoms with Gasteiger partial charge in [-0.05, 0) is 192 Å². The van der Waals surface area contributed by atoms with E-state index in [2.05, 4.69) is 326 Å². The first-order chi connectivity index (χ1) is 42.2. The van der Waals surface area contributed by atoms with Gasteiger partial charge in [-0.15, -0.1) is 0 Å². The zero-order chi connectivity index (χ0) is 65.1. The summed E-state index contributed by atoms with van der Waals surface area (Å²) in [4.78, 5) is 2.63. The van der Waals surface area contributed by atoms with Crippen LogP contribution in [-0.2, 0) is 48.7 Å². The van der Waals surface area contributed by atoms with Crippen molar-refractivity contribution in [2.75, 3.05) is 4.90 Å². The minimum absolute atomic E-state index is 0.00161. The highest BCUT2D eigenvalue weighted by molar-refractivity contribution is 7.00. The van der Waals surface area contributed by atoms with Gasteiger partial charge in [0.1, 0.15) is 0 Å². The van der Waals surface area contributed by atoms with Crippen molar-refractivity contribution in [2.24, 2.45) is 0 Å². The van der Waals surface area contributed by atoms with Crippen LogP contribution in [0.25, 0.3) is 66.1 Å². The van der Waals surface area contributed by atoms with Gasteiger partial charge in [-0.3, -0.25) is 0 Å². The number of hydrogen-bond donors (Lipinski definition) is 0. The molecular formula is C87H96BN3. The molecule has 1 aliphatic carbocycles. The van der Waals surface area contributed by atoms with Crippen molar-refractivity contribution in [3.8, 4) is 22.5 Å². The van der Waals surface area contributed by atoms with Crippen LogP contribution in [0, 0.1) is 0 Å². The van der Waals surface area contributed by atoms with Crippen molar-refractivity contribution in [1.82, 2.24) is 9.13 Å². The normalized spacial score (nSPS) is 15.1. The summed E-state index contributed by atoms with van der Waals surface area (Å²) in [5.41, 5.74) is 33.4. The van der Waals surface area contributed by atoms with Crippen LogP contribution in [0.15, 0.2) is 146 Å². The Kier molecular flexibility index (Phi) is 12.1. The monoisotopic (exact) mass is 1190 g/mol. The van der Waals surface area contributed by atoms with Crippen LogP contribution in [0.3, 0.4) is 0 Å². The number of nitrogens with zero attached hydrogens (tertiary/aromatic N) is 3. The molecule has 0 amide bonds. The summed E-state index contributed by atoms with van der Waals surface area (Å²) in [5.74, 6) is 0. The van der Waals surface area contributed by atoms with Gasteiger partial charge >= 0.3 is 0 Å². The Morgan fingerprint density at radius 2 is 0.780 bits per heavy atom. The van der Waals surface area contributed by atoms with Crippen LogP contribution in [0.2, 0.25) is 0 Å². The van der Waals surface area contributed by atoms with Gasteiger partial charge in [-0.25, -0.2) is 0 Å². The first kappa shape index (κ1) is 59.7. The molecule has 2 aromatic heterocycles. The number of hydrogen-bond acceptors (Lipinski definition) is 1. The van der Waals surface area contributed by atoms with Crippen LogP contribution in [0.4, 0.5) is 17.1 Å².